The molecule has 2 aliphatic carbocycles. The van der Waals surface area contributed by atoms with E-state index in [1.807, 2.05) is 0 Å². The molecule has 0 radical (unpaired) electrons. The van der Waals surface area contributed by atoms with Crippen molar-refractivity contribution in [1.82, 2.24) is 0 Å². The summed E-state index contributed by atoms with van der Waals surface area (Å²) in [6.07, 6.45) is 3.85. The van der Waals surface area contributed by atoms with Crippen molar-refractivity contribution in [2.24, 2.45) is 17.3 Å². The monoisotopic (exact) mass is 376 g/mol. The van der Waals surface area contributed by atoms with Gasteiger partial charge in [0.15, 0.2) is 5.78 Å². The smallest absolute Gasteiger partial charge is 0.302 e. The molecular formula is C22H32O5. The van der Waals surface area contributed by atoms with Gasteiger partial charge in [0.05, 0.1) is 23.4 Å². The molecule has 150 valence electrons. The summed E-state index contributed by atoms with van der Waals surface area (Å²) in [6.45, 7) is 14.2. The van der Waals surface area contributed by atoms with Crippen LogP contribution in [0, 0.1) is 17.3 Å². The Kier molecular flexibility index (Phi) is 4.18. The zero-order chi connectivity index (χ0) is 19.8. The first-order valence-corrected chi connectivity index (χ1v) is 10.2. The van der Waals surface area contributed by atoms with Crippen LogP contribution in [0.4, 0.5) is 0 Å². The van der Waals surface area contributed by atoms with E-state index in [9.17, 15) is 9.59 Å². The molecule has 2 heterocycles. The molecule has 5 nitrogen and oxygen atoms in total. The Morgan fingerprint density at radius 3 is 2.48 bits per heavy atom. The summed E-state index contributed by atoms with van der Waals surface area (Å²) in [6, 6.07) is 0. The molecule has 0 aromatic heterocycles. The predicted molar refractivity (Wildman–Crippen MR) is 100 cm³/mol. The predicted octanol–water partition coefficient (Wildman–Crippen LogP) is 3.59. The number of carbonyl (C=O) groups excluding carboxylic acids is 2. The number of hydrogen-bond donors (Lipinski definition) is 0. The first-order chi connectivity index (χ1) is 12.5. The lowest BCUT2D eigenvalue weighted by atomic mass is 9.56. The van der Waals surface area contributed by atoms with Gasteiger partial charge in [0.1, 0.15) is 6.10 Å². The Hall–Kier alpha value is -1.20. The SMILES string of the molecule is C=C1C(=O)CC2CC3O[C@@]3(C)CCC3O[C@@]3(C)CC(OC(C)=O)C1C2(C)C. The third-order valence-corrected chi connectivity index (χ3v) is 7.79. The second kappa shape index (κ2) is 5.90. The molecule has 27 heavy (non-hydrogen) atoms. The molecule has 4 aliphatic rings. The Morgan fingerprint density at radius 2 is 1.81 bits per heavy atom. The van der Waals surface area contributed by atoms with Crippen LogP contribution in [0.1, 0.15) is 66.7 Å². The van der Waals surface area contributed by atoms with Crippen LogP contribution >= 0.6 is 0 Å². The molecule has 5 unspecified atom stereocenters. The minimum Gasteiger partial charge on any atom is -0.462 e. The molecule has 2 saturated carbocycles. The molecule has 5 heteroatoms. The van der Waals surface area contributed by atoms with E-state index in [0.29, 0.717) is 18.4 Å². The maximum atomic E-state index is 12.8. The van der Waals surface area contributed by atoms with E-state index >= 15 is 0 Å². The number of ketones is 1. The molecule has 0 spiro atoms. The van der Waals surface area contributed by atoms with E-state index in [-0.39, 0.29) is 52.4 Å². The first kappa shape index (κ1) is 19.1. The van der Waals surface area contributed by atoms with E-state index in [1.165, 1.54) is 6.92 Å². The molecule has 2 saturated heterocycles. The average molecular weight is 376 g/mol. The summed E-state index contributed by atoms with van der Waals surface area (Å²) in [5, 5.41) is 0. The first-order valence-electron chi connectivity index (χ1n) is 10.2. The van der Waals surface area contributed by atoms with Gasteiger partial charge in [0.2, 0.25) is 0 Å². The number of fused-ring (bicyclic) bond motifs is 4. The van der Waals surface area contributed by atoms with Gasteiger partial charge in [-0.1, -0.05) is 20.4 Å². The maximum Gasteiger partial charge on any atom is 0.302 e. The molecule has 2 bridgehead atoms. The molecule has 2 aliphatic heterocycles. The van der Waals surface area contributed by atoms with Crippen molar-refractivity contribution in [3.63, 3.8) is 0 Å². The molecule has 7 atom stereocenters. The second-order valence-electron chi connectivity index (χ2n) is 10.1. The summed E-state index contributed by atoms with van der Waals surface area (Å²) < 4.78 is 17.9. The Morgan fingerprint density at radius 1 is 1.15 bits per heavy atom. The lowest BCUT2D eigenvalue weighted by Gasteiger charge is -2.48. The second-order valence-corrected chi connectivity index (χ2v) is 10.1. The van der Waals surface area contributed by atoms with Crippen LogP contribution in [0.5, 0.6) is 0 Å². The molecule has 0 N–H and O–H groups in total. The van der Waals surface area contributed by atoms with Gasteiger partial charge in [0.25, 0.3) is 0 Å². The number of esters is 1. The zero-order valence-corrected chi connectivity index (χ0v) is 17.2. The van der Waals surface area contributed by atoms with Gasteiger partial charge < -0.3 is 14.2 Å². The van der Waals surface area contributed by atoms with Crippen LogP contribution in [0.3, 0.4) is 0 Å². The largest absolute Gasteiger partial charge is 0.462 e. The van der Waals surface area contributed by atoms with E-state index in [4.69, 9.17) is 14.2 Å². The van der Waals surface area contributed by atoms with Crippen LogP contribution in [0.25, 0.3) is 0 Å². The summed E-state index contributed by atoms with van der Waals surface area (Å²) in [4.78, 5) is 24.7. The lowest BCUT2D eigenvalue weighted by Crippen LogP contribution is -2.49. The third-order valence-electron chi connectivity index (χ3n) is 7.79. The van der Waals surface area contributed by atoms with Gasteiger partial charge >= 0.3 is 5.97 Å². The molecule has 0 aromatic rings. The van der Waals surface area contributed by atoms with E-state index in [0.717, 1.165) is 19.3 Å². The Labute approximate surface area is 161 Å². The number of rotatable bonds is 1. The van der Waals surface area contributed by atoms with Gasteiger partial charge in [-0.3, -0.25) is 9.59 Å². The number of carbonyl (C=O) groups is 2. The molecular weight excluding hydrogens is 344 g/mol. The fraction of sp³-hybridized carbons (Fsp3) is 0.818. The van der Waals surface area contributed by atoms with Crippen molar-refractivity contribution in [2.75, 3.05) is 0 Å². The highest BCUT2D eigenvalue weighted by atomic mass is 16.6. The van der Waals surface area contributed by atoms with Gasteiger partial charge in [-0.05, 0) is 50.0 Å². The fourth-order valence-electron chi connectivity index (χ4n) is 5.74. The van der Waals surface area contributed by atoms with Gasteiger partial charge in [0, 0.05) is 25.7 Å². The van der Waals surface area contributed by atoms with E-state index in [2.05, 4.69) is 34.3 Å². The van der Waals surface area contributed by atoms with Crippen molar-refractivity contribution < 1.29 is 23.8 Å². The van der Waals surface area contributed by atoms with Crippen molar-refractivity contribution in [3.05, 3.63) is 12.2 Å². The summed E-state index contributed by atoms with van der Waals surface area (Å²) in [5.74, 6) is -0.226. The molecule has 4 rings (SSSR count). The van der Waals surface area contributed by atoms with Crippen LogP contribution in [0.2, 0.25) is 0 Å². The van der Waals surface area contributed by atoms with Crippen LogP contribution < -0.4 is 0 Å². The number of ether oxygens (including phenoxy) is 3. The van der Waals surface area contributed by atoms with Crippen molar-refractivity contribution in [3.8, 4) is 0 Å². The summed E-state index contributed by atoms with van der Waals surface area (Å²) in [7, 11) is 0. The highest BCUT2D eigenvalue weighted by Gasteiger charge is 2.62. The minimum absolute atomic E-state index is 0.0928. The average Bonchev–Trinajstić information content (AvgIpc) is 3.38. The standard InChI is InChI=1S/C22H32O5/c1-12-15(24)9-14-10-18-21(5,27-18)8-7-17-22(6,26-17)11-16(25-13(2)23)19(12)20(14,3)4/h14,16-19H,1,7-11H2,2-6H3/t14?,16?,17?,18?,19?,21-,22-/m0/s1. The van der Waals surface area contributed by atoms with Crippen molar-refractivity contribution in [1.29, 1.82) is 0 Å². The van der Waals surface area contributed by atoms with Crippen molar-refractivity contribution >= 4 is 11.8 Å². The zero-order valence-electron chi connectivity index (χ0n) is 17.2. The van der Waals surface area contributed by atoms with Crippen LogP contribution in [-0.4, -0.2) is 41.3 Å². The van der Waals surface area contributed by atoms with Gasteiger partial charge in [-0.25, -0.2) is 0 Å². The molecule has 0 amide bonds. The fourth-order valence-corrected chi connectivity index (χ4v) is 5.74. The quantitative estimate of drug-likeness (QED) is 0.397. The van der Waals surface area contributed by atoms with Crippen molar-refractivity contribution in [2.45, 2.75) is 96.2 Å². The van der Waals surface area contributed by atoms with Crippen LogP contribution in [-0.2, 0) is 23.8 Å². The summed E-state index contributed by atoms with van der Waals surface area (Å²) in [5.41, 5.74) is -0.0192. The van der Waals surface area contributed by atoms with Crippen LogP contribution in [0.15, 0.2) is 12.2 Å². The molecule has 4 fully saturated rings. The number of Topliss-reactive ketones (excluding diaryl/α,β-unsaturated/α-hetero) is 1. The number of epoxide rings is 2. The minimum atomic E-state index is -0.391. The van der Waals surface area contributed by atoms with E-state index < -0.39 is 6.10 Å². The summed E-state index contributed by atoms with van der Waals surface area (Å²) >= 11 is 0. The highest BCUT2D eigenvalue weighted by Crippen LogP contribution is 2.57. The topological polar surface area (TPSA) is 68.4 Å². The van der Waals surface area contributed by atoms with E-state index in [1.54, 1.807) is 0 Å². The third kappa shape index (κ3) is 3.17. The van der Waals surface area contributed by atoms with Gasteiger partial charge in [-0.2, -0.15) is 0 Å². The Bertz CT molecular complexity index is 697. The lowest BCUT2D eigenvalue weighted by molar-refractivity contribution is -0.155. The Balaban J connectivity index is 1.72. The normalized spacial score (nSPS) is 48.4. The number of hydrogen-bond acceptors (Lipinski definition) is 5. The molecule has 0 aromatic carbocycles. The maximum absolute atomic E-state index is 12.8. The van der Waals surface area contributed by atoms with Gasteiger partial charge in [-0.15, -0.1) is 0 Å². The highest BCUT2D eigenvalue weighted by molar-refractivity contribution is 5.96.